The van der Waals surface area contributed by atoms with E-state index in [9.17, 15) is 29.1 Å². The van der Waals surface area contributed by atoms with Gasteiger partial charge in [-0.25, -0.2) is 4.79 Å². The van der Waals surface area contributed by atoms with Crippen LogP contribution in [0, 0.1) is 0 Å². The number of nitrogens with zero attached hydrogens (tertiary/aromatic N) is 1. The van der Waals surface area contributed by atoms with Crippen LogP contribution in [0.2, 0.25) is 0 Å². The highest BCUT2D eigenvalue weighted by Crippen LogP contribution is 2.31. The first-order valence-electron chi connectivity index (χ1n) is 7.75. The average molecular weight is 370 g/mol. The molecule has 0 saturated carbocycles. The van der Waals surface area contributed by atoms with Crippen molar-refractivity contribution in [1.82, 2.24) is 9.55 Å². The number of hydrogen-bond donors (Lipinski definition) is 2. The Labute approximate surface area is 146 Å². The Morgan fingerprint density at radius 3 is 2.77 bits per heavy atom. The van der Waals surface area contributed by atoms with E-state index in [1.807, 2.05) is 4.98 Å². The molecule has 1 aromatic rings. The van der Waals surface area contributed by atoms with Crippen LogP contribution in [-0.4, -0.2) is 57.8 Å². The number of hydrogen-bond acceptors (Lipinski definition) is 9. The van der Waals surface area contributed by atoms with Crippen molar-refractivity contribution in [2.24, 2.45) is 0 Å². The van der Waals surface area contributed by atoms with Crippen molar-refractivity contribution in [1.29, 1.82) is 0 Å². The highest BCUT2D eigenvalue weighted by molar-refractivity contribution is 5.72. The highest BCUT2D eigenvalue weighted by atomic mass is 16.6. The molecule has 11 nitrogen and oxygen atoms in total. The van der Waals surface area contributed by atoms with Crippen molar-refractivity contribution in [3.8, 4) is 0 Å². The Morgan fingerprint density at radius 1 is 1.42 bits per heavy atom. The third-order valence-electron chi connectivity index (χ3n) is 3.62. The summed E-state index contributed by atoms with van der Waals surface area (Å²) >= 11 is 0. The van der Waals surface area contributed by atoms with Gasteiger partial charge in [-0.15, -0.1) is 0 Å². The third-order valence-corrected chi connectivity index (χ3v) is 3.62. The lowest BCUT2D eigenvalue weighted by molar-refractivity contribution is -0.156. The Hall–Kier alpha value is -2.79. The van der Waals surface area contributed by atoms with Gasteiger partial charge in [0.25, 0.3) is 5.56 Å². The minimum atomic E-state index is -1.39. The summed E-state index contributed by atoms with van der Waals surface area (Å²) in [5.74, 6) is -1.38. The number of aliphatic hydroxyl groups excluding tert-OH is 1. The van der Waals surface area contributed by atoms with E-state index in [-0.39, 0.29) is 19.4 Å². The number of aliphatic hydroxyl groups is 1. The fourth-order valence-electron chi connectivity index (χ4n) is 2.45. The summed E-state index contributed by atoms with van der Waals surface area (Å²) in [5, 5.41) is 10.3. The van der Waals surface area contributed by atoms with E-state index in [1.54, 1.807) is 0 Å². The van der Waals surface area contributed by atoms with Crippen LogP contribution in [0.1, 0.15) is 26.0 Å². The molecule has 4 atom stereocenters. The normalized spacial score (nSPS) is 24.8. The molecule has 1 saturated heterocycles. The van der Waals surface area contributed by atoms with Gasteiger partial charge in [0.05, 0.1) is 6.42 Å². The molecular weight excluding hydrogens is 352 g/mol. The number of carbonyl (C=O) groups is 3. The molecule has 26 heavy (non-hydrogen) atoms. The molecular formula is C15H18N2O9. The molecule has 0 amide bonds. The molecule has 142 valence electrons. The van der Waals surface area contributed by atoms with Crippen LogP contribution in [0.15, 0.2) is 21.9 Å². The molecule has 0 spiro atoms. The maximum absolute atomic E-state index is 11.9. The number of rotatable bonds is 7. The Morgan fingerprint density at radius 2 is 2.15 bits per heavy atom. The monoisotopic (exact) mass is 370 g/mol. The summed E-state index contributed by atoms with van der Waals surface area (Å²) in [7, 11) is 0. The smallest absolute Gasteiger partial charge is 0.330 e. The van der Waals surface area contributed by atoms with Gasteiger partial charge < -0.3 is 24.1 Å². The van der Waals surface area contributed by atoms with E-state index in [1.165, 1.54) is 0 Å². The quantitative estimate of drug-likeness (QED) is 0.420. The molecule has 1 aromatic heterocycles. The van der Waals surface area contributed by atoms with E-state index in [4.69, 9.17) is 14.2 Å². The summed E-state index contributed by atoms with van der Waals surface area (Å²) in [6.45, 7) is 0.747. The molecule has 2 N–H and O–H groups in total. The molecule has 2 rings (SSSR count). The summed E-state index contributed by atoms with van der Waals surface area (Å²) in [6, 6.07) is 1.06. The number of aromatic amines is 1. The van der Waals surface area contributed by atoms with E-state index in [0.29, 0.717) is 6.29 Å². The lowest BCUT2D eigenvalue weighted by Crippen LogP contribution is -2.40. The second kappa shape index (κ2) is 8.54. The van der Waals surface area contributed by atoms with E-state index >= 15 is 0 Å². The molecule has 2 unspecified atom stereocenters. The minimum absolute atomic E-state index is 0.00161. The topological polar surface area (TPSA) is 154 Å². The maximum Gasteiger partial charge on any atom is 0.330 e. The van der Waals surface area contributed by atoms with Gasteiger partial charge in [0.1, 0.15) is 25.1 Å². The lowest BCUT2D eigenvalue weighted by atomic mass is 10.1. The minimum Gasteiger partial charge on any atom is -0.463 e. The van der Waals surface area contributed by atoms with Gasteiger partial charge in [-0.2, -0.15) is 0 Å². The van der Waals surface area contributed by atoms with Crippen molar-refractivity contribution in [3.05, 3.63) is 33.1 Å². The zero-order chi connectivity index (χ0) is 19.3. The molecule has 0 bridgehead atoms. The van der Waals surface area contributed by atoms with E-state index in [0.717, 1.165) is 23.8 Å². The summed E-state index contributed by atoms with van der Waals surface area (Å²) in [5.41, 5.74) is -1.45. The predicted octanol–water partition coefficient (Wildman–Crippen LogP) is -1.75. The van der Waals surface area contributed by atoms with Crippen molar-refractivity contribution in [3.63, 3.8) is 0 Å². The molecule has 2 heterocycles. The molecule has 0 radical (unpaired) electrons. The van der Waals surface area contributed by atoms with Crippen LogP contribution >= 0.6 is 0 Å². The molecule has 11 heteroatoms. The standard InChI is InChI=1S/C15H18N2O9/c1-8(19)25-13-12(22)9(7-24-11(21)3-2-6-18)26-14(13)17-5-4-10(20)16-15(17)23/h4-6,9,12-14,22H,2-3,7H2,1H3,(H,16,20,23)/t9-,12?,13?,14-/m1/s1. The van der Waals surface area contributed by atoms with Crippen molar-refractivity contribution in [2.45, 2.75) is 44.3 Å². The summed E-state index contributed by atoms with van der Waals surface area (Å²) < 4.78 is 16.4. The number of aromatic nitrogens is 2. The predicted molar refractivity (Wildman–Crippen MR) is 83.1 cm³/mol. The molecule has 1 aliphatic heterocycles. The Balaban J connectivity index is 2.17. The van der Waals surface area contributed by atoms with Crippen LogP contribution in [0.3, 0.4) is 0 Å². The fraction of sp³-hybridized carbons (Fsp3) is 0.533. The van der Waals surface area contributed by atoms with Gasteiger partial charge in [-0.1, -0.05) is 0 Å². The Kier molecular flexibility index (Phi) is 6.41. The van der Waals surface area contributed by atoms with Gasteiger partial charge in [0.2, 0.25) is 0 Å². The van der Waals surface area contributed by atoms with Gasteiger partial charge >= 0.3 is 17.6 Å². The van der Waals surface area contributed by atoms with Crippen LogP contribution in [0.25, 0.3) is 0 Å². The van der Waals surface area contributed by atoms with E-state index in [2.05, 4.69) is 0 Å². The maximum atomic E-state index is 11.9. The lowest BCUT2D eigenvalue weighted by Gasteiger charge is -2.21. The molecule has 0 aromatic carbocycles. The van der Waals surface area contributed by atoms with Crippen molar-refractivity contribution in [2.75, 3.05) is 6.61 Å². The van der Waals surface area contributed by atoms with Gasteiger partial charge in [0, 0.05) is 25.6 Å². The first-order valence-corrected chi connectivity index (χ1v) is 7.75. The van der Waals surface area contributed by atoms with Gasteiger partial charge in [-0.05, 0) is 0 Å². The van der Waals surface area contributed by atoms with Crippen LogP contribution in [-0.2, 0) is 28.6 Å². The van der Waals surface area contributed by atoms with Crippen molar-refractivity contribution >= 4 is 18.2 Å². The van der Waals surface area contributed by atoms with Crippen molar-refractivity contribution < 1.29 is 33.7 Å². The molecule has 1 aliphatic rings. The van der Waals surface area contributed by atoms with Crippen LogP contribution in [0.4, 0.5) is 0 Å². The number of H-pyrrole nitrogens is 1. The molecule has 0 aliphatic carbocycles. The SMILES string of the molecule is CC(=O)OC1C(O)[C@@H](COC(=O)CCC=O)O[C@H]1n1ccc(=O)[nH]c1=O. The number of aldehydes is 1. The highest BCUT2D eigenvalue weighted by Gasteiger charge is 2.47. The number of esters is 2. The van der Waals surface area contributed by atoms with Gasteiger partial charge in [0.15, 0.2) is 12.3 Å². The average Bonchev–Trinajstić information content (AvgIpc) is 2.87. The number of nitrogens with one attached hydrogen (secondary N) is 1. The van der Waals surface area contributed by atoms with Gasteiger partial charge in [-0.3, -0.25) is 23.9 Å². The largest absolute Gasteiger partial charge is 0.463 e. The number of carbonyl (C=O) groups excluding carboxylic acids is 3. The summed E-state index contributed by atoms with van der Waals surface area (Å²) in [6.07, 6.45) is -3.37. The van der Waals surface area contributed by atoms with Crippen LogP contribution in [0.5, 0.6) is 0 Å². The number of ether oxygens (including phenoxy) is 3. The second-order valence-electron chi connectivity index (χ2n) is 5.54. The zero-order valence-electron chi connectivity index (χ0n) is 13.8. The van der Waals surface area contributed by atoms with Crippen LogP contribution < -0.4 is 11.2 Å². The van der Waals surface area contributed by atoms with E-state index < -0.39 is 47.7 Å². The fourth-order valence-corrected chi connectivity index (χ4v) is 2.45. The molecule has 1 fully saturated rings. The zero-order valence-corrected chi connectivity index (χ0v) is 13.8. The second-order valence-corrected chi connectivity index (χ2v) is 5.54. The first kappa shape index (κ1) is 19.5. The summed E-state index contributed by atoms with van der Waals surface area (Å²) in [4.78, 5) is 58.2. The Bertz CT molecular complexity index is 784. The first-order chi connectivity index (χ1) is 12.3. The third kappa shape index (κ3) is 4.64.